The summed E-state index contributed by atoms with van der Waals surface area (Å²) < 4.78 is 5.32. The third-order valence-corrected chi connectivity index (χ3v) is 2.94. The number of ether oxygens (including phenoxy) is 1. The highest BCUT2D eigenvalue weighted by molar-refractivity contribution is 5.84. The van der Waals surface area contributed by atoms with E-state index < -0.39 is 5.60 Å². The average Bonchev–Trinajstić information content (AvgIpc) is 2.32. The smallest absolute Gasteiger partial charge is 0.254 e. The summed E-state index contributed by atoms with van der Waals surface area (Å²) in [6.45, 7) is 8.99. The molecule has 0 rings (SSSR count). The Morgan fingerprint density at radius 1 is 1.53 bits per heavy atom. The normalized spacial score (nSPS) is 14.2. The standard InChI is InChI=1S/C13H24N2O2/c1-6-13(4,17-5)12(16)15(9-7-8-14)10-11(2)3/h11H,6-7,9-10H2,1-5H3. The van der Waals surface area contributed by atoms with Crippen molar-refractivity contribution in [2.45, 2.75) is 46.1 Å². The van der Waals surface area contributed by atoms with Crippen LogP contribution in [0.3, 0.4) is 0 Å². The summed E-state index contributed by atoms with van der Waals surface area (Å²) in [6, 6.07) is 2.08. The molecule has 4 nitrogen and oxygen atoms in total. The van der Waals surface area contributed by atoms with Crippen LogP contribution in [0, 0.1) is 17.2 Å². The summed E-state index contributed by atoms with van der Waals surface area (Å²) in [5, 5.41) is 8.63. The van der Waals surface area contributed by atoms with Crippen molar-refractivity contribution in [2.75, 3.05) is 20.2 Å². The molecule has 0 fully saturated rings. The van der Waals surface area contributed by atoms with Crippen LogP contribution in [0.5, 0.6) is 0 Å². The van der Waals surface area contributed by atoms with Crippen LogP contribution < -0.4 is 0 Å². The van der Waals surface area contributed by atoms with Crippen molar-refractivity contribution < 1.29 is 9.53 Å². The van der Waals surface area contributed by atoms with Gasteiger partial charge in [-0.25, -0.2) is 0 Å². The lowest BCUT2D eigenvalue weighted by Gasteiger charge is -2.33. The van der Waals surface area contributed by atoms with Crippen molar-refractivity contribution in [3.05, 3.63) is 0 Å². The molecular weight excluding hydrogens is 216 g/mol. The Labute approximate surface area is 105 Å². The number of carbonyl (C=O) groups is 1. The summed E-state index contributed by atoms with van der Waals surface area (Å²) in [4.78, 5) is 14.1. The van der Waals surface area contributed by atoms with Crippen LogP contribution in [-0.2, 0) is 9.53 Å². The Balaban J connectivity index is 4.78. The molecule has 98 valence electrons. The van der Waals surface area contributed by atoms with E-state index in [1.807, 2.05) is 6.92 Å². The SMILES string of the molecule is CCC(C)(OC)C(=O)N(CCC#N)CC(C)C. The molecule has 0 aromatic carbocycles. The molecule has 4 heteroatoms. The Hall–Kier alpha value is -1.08. The quantitative estimate of drug-likeness (QED) is 0.685. The molecule has 1 amide bonds. The van der Waals surface area contributed by atoms with Crippen molar-refractivity contribution in [3.63, 3.8) is 0 Å². The van der Waals surface area contributed by atoms with E-state index in [0.717, 1.165) is 0 Å². The van der Waals surface area contributed by atoms with Crippen LogP contribution in [0.25, 0.3) is 0 Å². The molecule has 17 heavy (non-hydrogen) atoms. The number of hydrogen-bond acceptors (Lipinski definition) is 3. The highest BCUT2D eigenvalue weighted by Gasteiger charge is 2.34. The van der Waals surface area contributed by atoms with Gasteiger partial charge < -0.3 is 9.64 Å². The third kappa shape index (κ3) is 4.74. The Morgan fingerprint density at radius 2 is 2.12 bits per heavy atom. The predicted molar refractivity (Wildman–Crippen MR) is 67.4 cm³/mol. The fraction of sp³-hybridized carbons (Fsp3) is 0.846. The number of carbonyl (C=O) groups excluding carboxylic acids is 1. The zero-order chi connectivity index (χ0) is 13.5. The number of hydrogen-bond donors (Lipinski definition) is 0. The molecule has 1 atom stereocenters. The van der Waals surface area contributed by atoms with Crippen molar-refractivity contribution in [1.29, 1.82) is 5.26 Å². The predicted octanol–water partition coefficient (Wildman–Crippen LogP) is 2.20. The van der Waals surface area contributed by atoms with Gasteiger partial charge in [-0.15, -0.1) is 0 Å². The lowest BCUT2D eigenvalue weighted by atomic mass is 10.0. The summed E-state index contributed by atoms with van der Waals surface area (Å²) in [6.07, 6.45) is 0.992. The molecule has 0 bridgehead atoms. The molecule has 0 aromatic rings. The van der Waals surface area contributed by atoms with Gasteiger partial charge in [0.2, 0.25) is 0 Å². The van der Waals surface area contributed by atoms with E-state index in [4.69, 9.17) is 10.00 Å². The first-order valence-electron chi connectivity index (χ1n) is 6.12. The topological polar surface area (TPSA) is 53.3 Å². The maximum Gasteiger partial charge on any atom is 0.254 e. The minimum absolute atomic E-state index is 0.0218. The van der Waals surface area contributed by atoms with Gasteiger partial charge >= 0.3 is 0 Å². The average molecular weight is 240 g/mol. The van der Waals surface area contributed by atoms with Gasteiger partial charge in [0.15, 0.2) is 0 Å². The van der Waals surface area contributed by atoms with Gasteiger partial charge in [0, 0.05) is 20.2 Å². The van der Waals surface area contributed by atoms with Crippen molar-refractivity contribution in [1.82, 2.24) is 4.90 Å². The van der Waals surface area contributed by atoms with Crippen LogP contribution in [0.2, 0.25) is 0 Å². The van der Waals surface area contributed by atoms with E-state index in [-0.39, 0.29) is 5.91 Å². The second-order valence-electron chi connectivity index (χ2n) is 4.84. The van der Waals surface area contributed by atoms with Gasteiger partial charge in [-0.05, 0) is 19.3 Å². The highest BCUT2D eigenvalue weighted by atomic mass is 16.5. The highest BCUT2D eigenvalue weighted by Crippen LogP contribution is 2.18. The maximum atomic E-state index is 12.4. The second-order valence-corrected chi connectivity index (χ2v) is 4.84. The molecule has 0 saturated carbocycles. The Morgan fingerprint density at radius 3 is 2.47 bits per heavy atom. The molecule has 0 aliphatic carbocycles. The molecule has 0 aliphatic heterocycles. The van der Waals surface area contributed by atoms with E-state index in [9.17, 15) is 4.79 Å². The van der Waals surface area contributed by atoms with Crippen LogP contribution in [-0.4, -0.2) is 36.6 Å². The van der Waals surface area contributed by atoms with Crippen LogP contribution in [0.15, 0.2) is 0 Å². The van der Waals surface area contributed by atoms with E-state index in [1.165, 1.54) is 0 Å². The summed E-state index contributed by atoms with van der Waals surface area (Å²) in [7, 11) is 1.55. The van der Waals surface area contributed by atoms with Crippen LogP contribution in [0.1, 0.15) is 40.5 Å². The number of rotatable bonds is 7. The lowest BCUT2D eigenvalue weighted by Crippen LogP contribution is -2.49. The van der Waals surface area contributed by atoms with Gasteiger partial charge in [0.25, 0.3) is 5.91 Å². The lowest BCUT2D eigenvalue weighted by molar-refractivity contribution is -0.153. The third-order valence-electron chi connectivity index (χ3n) is 2.94. The van der Waals surface area contributed by atoms with E-state index in [2.05, 4.69) is 19.9 Å². The molecule has 0 aliphatic rings. The first-order chi connectivity index (χ1) is 7.91. The summed E-state index contributed by atoms with van der Waals surface area (Å²) in [5.41, 5.74) is -0.773. The van der Waals surface area contributed by atoms with E-state index in [0.29, 0.717) is 31.8 Å². The van der Waals surface area contributed by atoms with Gasteiger partial charge in [-0.1, -0.05) is 20.8 Å². The Bertz CT molecular complexity index is 278. The fourth-order valence-corrected chi connectivity index (χ4v) is 1.62. The molecule has 0 radical (unpaired) electrons. The minimum Gasteiger partial charge on any atom is -0.369 e. The van der Waals surface area contributed by atoms with Gasteiger partial charge in [0.1, 0.15) is 5.60 Å². The molecule has 0 N–H and O–H groups in total. The number of methoxy groups -OCH3 is 1. The largest absolute Gasteiger partial charge is 0.369 e. The monoisotopic (exact) mass is 240 g/mol. The summed E-state index contributed by atoms with van der Waals surface area (Å²) in [5.74, 6) is 0.363. The van der Waals surface area contributed by atoms with Crippen LogP contribution in [0.4, 0.5) is 0 Å². The van der Waals surface area contributed by atoms with Gasteiger partial charge in [-0.2, -0.15) is 5.26 Å². The first kappa shape index (κ1) is 15.9. The molecule has 1 unspecified atom stereocenters. The van der Waals surface area contributed by atoms with Crippen LogP contribution >= 0.6 is 0 Å². The molecule has 0 saturated heterocycles. The minimum atomic E-state index is -0.773. The van der Waals surface area contributed by atoms with Crippen molar-refractivity contribution in [2.24, 2.45) is 5.92 Å². The fourth-order valence-electron chi connectivity index (χ4n) is 1.62. The van der Waals surface area contributed by atoms with Crippen molar-refractivity contribution in [3.8, 4) is 6.07 Å². The second kappa shape index (κ2) is 7.29. The molecule has 0 spiro atoms. The van der Waals surface area contributed by atoms with E-state index >= 15 is 0 Å². The van der Waals surface area contributed by atoms with Gasteiger partial charge in [0.05, 0.1) is 12.5 Å². The number of nitrogens with zero attached hydrogens (tertiary/aromatic N) is 2. The van der Waals surface area contributed by atoms with Gasteiger partial charge in [-0.3, -0.25) is 4.79 Å². The zero-order valence-electron chi connectivity index (χ0n) is 11.6. The number of amides is 1. The summed E-state index contributed by atoms with van der Waals surface area (Å²) >= 11 is 0. The van der Waals surface area contributed by atoms with Crippen molar-refractivity contribution >= 4 is 5.91 Å². The number of nitriles is 1. The maximum absolute atomic E-state index is 12.4. The molecule has 0 aromatic heterocycles. The molecular formula is C13H24N2O2. The first-order valence-corrected chi connectivity index (χ1v) is 6.12. The Kier molecular flexibility index (Phi) is 6.82. The molecule has 0 heterocycles. The van der Waals surface area contributed by atoms with E-state index in [1.54, 1.807) is 18.9 Å². The zero-order valence-corrected chi connectivity index (χ0v) is 11.6.